The van der Waals surface area contributed by atoms with Gasteiger partial charge in [0.25, 0.3) is 5.91 Å². The van der Waals surface area contributed by atoms with E-state index in [0.717, 1.165) is 18.4 Å². The van der Waals surface area contributed by atoms with E-state index in [1.54, 1.807) is 18.3 Å². The van der Waals surface area contributed by atoms with Crippen LogP contribution in [-0.2, 0) is 14.3 Å². The Bertz CT molecular complexity index is 900. The molecule has 1 fully saturated rings. The molecule has 0 saturated heterocycles. The topological polar surface area (TPSA) is 91.7 Å². The Labute approximate surface area is 175 Å². The van der Waals surface area contributed by atoms with Crippen LogP contribution in [0.15, 0.2) is 36.5 Å². The summed E-state index contributed by atoms with van der Waals surface area (Å²) in [5.74, 6) is 0.486. The zero-order valence-corrected chi connectivity index (χ0v) is 17.3. The van der Waals surface area contributed by atoms with Gasteiger partial charge < -0.3 is 19.5 Å². The normalized spacial score (nSPS) is 14.1. The molecule has 0 aliphatic heterocycles. The first-order valence-corrected chi connectivity index (χ1v) is 10.0. The van der Waals surface area contributed by atoms with Gasteiger partial charge >= 0.3 is 5.97 Å². The van der Waals surface area contributed by atoms with Crippen molar-refractivity contribution in [3.63, 3.8) is 0 Å². The average Bonchev–Trinajstić information content (AvgIpc) is 3.43. The lowest BCUT2D eigenvalue weighted by atomic mass is 10.2. The van der Waals surface area contributed by atoms with Crippen molar-refractivity contribution >= 4 is 23.8 Å². The molecular formula is C22H27N3O5. The quantitative estimate of drug-likeness (QED) is 0.632. The summed E-state index contributed by atoms with van der Waals surface area (Å²) in [6, 6.07) is 7.43. The van der Waals surface area contributed by atoms with Crippen LogP contribution in [0, 0.1) is 0 Å². The first kappa shape index (κ1) is 21.4. The number of amides is 1. The lowest BCUT2D eigenvalue weighted by molar-refractivity contribution is -0.149. The summed E-state index contributed by atoms with van der Waals surface area (Å²) >= 11 is 0. The van der Waals surface area contributed by atoms with E-state index in [1.165, 1.54) is 20.0 Å². The first-order valence-electron chi connectivity index (χ1n) is 10.0. The number of esters is 1. The van der Waals surface area contributed by atoms with Crippen LogP contribution in [-0.4, -0.2) is 42.0 Å². The van der Waals surface area contributed by atoms with Crippen molar-refractivity contribution in [2.45, 2.75) is 38.6 Å². The van der Waals surface area contributed by atoms with Crippen molar-refractivity contribution < 1.29 is 23.8 Å². The summed E-state index contributed by atoms with van der Waals surface area (Å²) in [5.41, 5.74) is 0.956. The largest absolute Gasteiger partial charge is 0.493 e. The third-order valence-electron chi connectivity index (χ3n) is 4.86. The van der Waals surface area contributed by atoms with Crippen molar-refractivity contribution in [1.82, 2.24) is 9.78 Å². The Hall–Kier alpha value is -3.29. The monoisotopic (exact) mass is 413 g/mol. The van der Waals surface area contributed by atoms with Crippen LogP contribution in [0.1, 0.15) is 44.2 Å². The Balaban J connectivity index is 1.46. The minimum absolute atomic E-state index is 0.306. The van der Waals surface area contributed by atoms with Gasteiger partial charge in [0, 0.05) is 6.07 Å². The first-order chi connectivity index (χ1) is 14.6. The summed E-state index contributed by atoms with van der Waals surface area (Å²) in [5, 5.41) is 7.05. The number of ether oxygens (including phenoxy) is 3. The van der Waals surface area contributed by atoms with E-state index in [0.29, 0.717) is 23.4 Å². The van der Waals surface area contributed by atoms with Gasteiger partial charge in [0.1, 0.15) is 5.82 Å². The number of benzene rings is 1. The number of hydrogen-bond acceptors (Lipinski definition) is 6. The number of aromatic nitrogens is 2. The molecule has 1 aromatic heterocycles. The number of anilines is 1. The molecule has 0 radical (unpaired) electrons. The Kier molecular flexibility index (Phi) is 7.48. The van der Waals surface area contributed by atoms with Gasteiger partial charge in [-0.05, 0) is 37.5 Å². The van der Waals surface area contributed by atoms with Gasteiger partial charge in [0.05, 0.1) is 19.3 Å². The second-order valence-corrected chi connectivity index (χ2v) is 7.01. The van der Waals surface area contributed by atoms with Crippen molar-refractivity contribution in [3.8, 4) is 11.5 Å². The summed E-state index contributed by atoms with van der Waals surface area (Å²) in [6.45, 7) is 1.20. The molecule has 30 heavy (non-hydrogen) atoms. The molecule has 160 valence electrons. The van der Waals surface area contributed by atoms with Crippen LogP contribution in [0.25, 0.3) is 6.08 Å². The fraction of sp³-hybridized carbons (Fsp3) is 0.409. The van der Waals surface area contributed by atoms with Gasteiger partial charge in [0.2, 0.25) is 0 Å². The van der Waals surface area contributed by atoms with Crippen LogP contribution < -0.4 is 14.8 Å². The highest BCUT2D eigenvalue weighted by atomic mass is 16.6. The molecule has 2 aromatic rings. The summed E-state index contributed by atoms with van der Waals surface area (Å²) < 4.78 is 17.6. The fourth-order valence-corrected chi connectivity index (χ4v) is 3.46. The molecule has 0 unspecified atom stereocenters. The molecule has 0 atom stereocenters. The van der Waals surface area contributed by atoms with Gasteiger partial charge in [-0.2, -0.15) is 5.10 Å². The molecule has 8 nitrogen and oxygen atoms in total. The summed E-state index contributed by atoms with van der Waals surface area (Å²) in [7, 11) is 1.53. The third kappa shape index (κ3) is 5.62. The zero-order valence-electron chi connectivity index (χ0n) is 17.3. The van der Waals surface area contributed by atoms with Crippen molar-refractivity contribution in [2.24, 2.45) is 0 Å². The summed E-state index contributed by atoms with van der Waals surface area (Å²) in [4.78, 5) is 24.1. The predicted molar refractivity (Wildman–Crippen MR) is 113 cm³/mol. The van der Waals surface area contributed by atoms with E-state index in [-0.39, 0.29) is 6.61 Å². The average molecular weight is 413 g/mol. The zero-order chi connectivity index (χ0) is 21.3. The smallest absolute Gasteiger partial charge is 0.344 e. The van der Waals surface area contributed by atoms with Crippen molar-refractivity contribution in [1.29, 1.82) is 0 Å². The number of carbonyl (C=O) groups is 2. The number of allylic oxidation sites excluding steroid dienone is 1. The Morgan fingerprint density at radius 2 is 2.00 bits per heavy atom. The highest BCUT2D eigenvalue weighted by Crippen LogP contribution is 2.31. The fourth-order valence-electron chi connectivity index (χ4n) is 3.46. The van der Waals surface area contributed by atoms with E-state index in [1.807, 2.05) is 35.9 Å². The Morgan fingerprint density at radius 1 is 1.20 bits per heavy atom. The van der Waals surface area contributed by atoms with Crippen molar-refractivity contribution in [3.05, 3.63) is 42.1 Å². The minimum Gasteiger partial charge on any atom is -0.493 e. The number of methoxy groups -OCH3 is 1. The highest BCUT2D eigenvalue weighted by molar-refractivity contribution is 5.92. The van der Waals surface area contributed by atoms with Gasteiger partial charge in [-0.25, -0.2) is 9.48 Å². The number of hydrogen-bond donors (Lipinski definition) is 1. The van der Waals surface area contributed by atoms with E-state index in [2.05, 4.69) is 10.4 Å². The number of nitrogens with zero attached hydrogens (tertiary/aromatic N) is 2. The molecule has 1 amide bonds. The molecule has 1 aliphatic carbocycles. The van der Waals surface area contributed by atoms with E-state index in [9.17, 15) is 9.59 Å². The van der Waals surface area contributed by atoms with Crippen LogP contribution in [0.3, 0.4) is 0 Å². The van der Waals surface area contributed by atoms with Crippen LogP contribution in [0.4, 0.5) is 5.82 Å². The standard InChI is InChI=1S/C22H27N3O5/c1-3-6-16-9-10-18(19(13-16)28-2)29-15-22(27)30-14-21(26)24-20-11-12-23-25(20)17-7-4-5-8-17/h3,6,9-13,17H,4-5,7-8,14-15H2,1-2H3,(H,24,26)/b6-3+. The summed E-state index contributed by atoms with van der Waals surface area (Å²) in [6.07, 6.45) is 9.93. The van der Waals surface area contributed by atoms with Crippen LogP contribution in [0.2, 0.25) is 0 Å². The lowest BCUT2D eigenvalue weighted by Crippen LogP contribution is -2.25. The lowest BCUT2D eigenvalue weighted by Gasteiger charge is -2.14. The van der Waals surface area contributed by atoms with Crippen LogP contribution >= 0.6 is 0 Å². The predicted octanol–water partition coefficient (Wildman–Crippen LogP) is 3.60. The molecule has 0 spiro atoms. The van der Waals surface area contributed by atoms with Gasteiger partial charge in [-0.3, -0.25) is 4.79 Å². The van der Waals surface area contributed by atoms with Gasteiger partial charge in [0.15, 0.2) is 24.7 Å². The molecule has 1 N–H and O–H groups in total. The SMILES string of the molecule is C/C=C/c1ccc(OCC(=O)OCC(=O)Nc2ccnn2C2CCCC2)c(OC)c1. The number of rotatable bonds is 9. The van der Waals surface area contributed by atoms with Crippen molar-refractivity contribution in [2.75, 3.05) is 25.6 Å². The van der Waals surface area contributed by atoms with Crippen LogP contribution in [0.5, 0.6) is 11.5 Å². The molecule has 8 heteroatoms. The molecule has 1 aromatic carbocycles. The molecule has 0 bridgehead atoms. The van der Waals surface area contributed by atoms with E-state index >= 15 is 0 Å². The second-order valence-electron chi connectivity index (χ2n) is 7.01. The number of carbonyl (C=O) groups excluding carboxylic acids is 2. The maximum Gasteiger partial charge on any atom is 0.344 e. The maximum absolute atomic E-state index is 12.2. The van der Waals surface area contributed by atoms with Gasteiger partial charge in [-0.1, -0.05) is 31.1 Å². The molecule has 1 aliphatic rings. The van der Waals surface area contributed by atoms with E-state index in [4.69, 9.17) is 14.2 Å². The van der Waals surface area contributed by atoms with E-state index < -0.39 is 18.5 Å². The highest BCUT2D eigenvalue weighted by Gasteiger charge is 2.20. The second kappa shape index (κ2) is 10.5. The molecule has 1 heterocycles. The molecule has 1 saturated carbocycles. The number of nitrogens with one attached hydrogen (secondary N) is 1. The third-order valence-corrected chi connectivity index (χ3v) is 4.86. The maximum atomic E-state index is 12.2. The van der Waals surface area contributed by atoms with Gasteiger partial charge in [-0.15, -0.1) is 0 Å². The molecular weight excluding hydrogens is 386 g/mol. The molecule has 3 rings (SSSR count). The Morgan fingerprint density at radius 3 is 2.73 bits per heavy atom. The minimum atomic E-state index is -0.644.